The lowest BCUT2D eigenvalue weighted by Gasteiger charge is -2.05. The molecule has 2 heterocycles. The Kier molecular flexibility index (Phi) is 3.21. The maximum Gasteiger partial charge on any atom is 0.228 e. The normalized spacial score (nSPS) is 11.2. The van der Waals surface area contributed by atoms with Crippen LogP contribution in [0, 0.1) is 0 Å². The first-order chi connectivity index (χ1) is 10.1. The van der Waals surface area contributed by atoms with E-state index >= 15 is 0 Å². The third-order valence-corrected chi connectivity index (χ3v) is 3.26. The molecule has 0 radical (unpaired) electrons. The summed E-state index contributed by atoms with van der Waals surface area (Å²) in [7, 11) is 1.57. The van der Waals surface area contributed by atoms with Crippen molar-refractivity contribution in [3.63, 3.8) is 0 Å². The summed E-state index contributed by atoms with van der Waals surface area (Å²) in [6.45, 7) is 4.07. The molecular formula is C15H16N4O2. The van der Waals surface area contributed by atoms with E-state index in [0.29, 0.717) is 11.6 Å². The second-order valence-corrected chi connectivity index (χ2v) is 5.02. The van der Waals surface area contributed by atoms with Crippen molar-refractivity contribution in [2.75, 3.05) is 7.11 Å². The van der Waals surface area contributed by atoms with Gasteiger partial charge in [-0.25, -0.2) is 14.6 Å². The van der Waals surface area contributed by atoms with Crippen molar-refractivity contribution in [2.45, 2.75) is 19.9 Å². The van der Waals surface area contributed by atoms with Gasteiger partial charge >= 0.3 is 0 Å². The SMILES string of the molecule is COc1ncnc2c1c(-c1cccc(O)c1)nn2C(C)C. The zero-order valence-electron chi connectivity index (χ0n) is 12.1. The van der Waals surface area contributed by atoms with Gasteiger partial charge in [-0.1, -0.05) is 12.1 Å². The highest BCUT2D eigenvalue weighted by Gasteiger charge is 2.20. The number of phenolic OH excluding ortho intramolecular Hbond substituents is 1. The van der Waals surface area contributed by atoms with E-state index in [1.807, 2.05) is 24.6 Å². The molecule has 21 heavy (non-hydrogen) atoms. The summed E-state index contributed by atoms with van der Waals surface area (Å²) >= 11 is 0. The van der Waals surface area contributed by atoms with Crippen molar-refractivity contribution in [2.24, 2.45) is 0 Å². The highest BCUT2D eigenvalue weighted by molar-refractivity contribution is 5.95. The fraction of sp³-hybridized carbons (Fsp3) is 0.267. The van der Waals surface area contributed by atoms with Gasteiger partial charge in [-0.15, -0.1) is 0 Å². The van der Waals surface area contributed by atoms with Crippen LogP contribution >= 0.6 is 0 Å². The van der Waals surface area contributed by atoms with E-state index in [2.05, 4.69) is 15.1 Å². The second-order valence-electron chi connectivity index (χ2n) is 5.02. The molecule has 0 saturated heterocycles. The van der Waals surface area contributed by atoms with E-state index in [1.54, 1.807) is 25.3 Å². The smallest absolute Gasteiger partial charge is 0.228 e. The number of rotatable bonds is 3. The van der Waals surface area contributed by atoms with Crippen molar-refractivity contribution in [3.05, 3.63) is 30.6 Å². The number of aromatic hydroxyl groups is 1. The van der Waals surface area contributed by atoms with E-state index in [-0.39, 0.29) is 11.8 Å². The van der Waals surface area contributed by atoms with Gasteiger partial charge in [-0.3, -0.25) is 0 Å². The lowest BCUT2D eigenvalue weighted by atomic mass is 10.1. The summed E-state index contributed by atoms with van der Waals surface area (Å²) in [5.41, 5.74) is 2.22. The summed E-state index contributed by atoms with van der Waals surface area (Å²) in [6.07, 6.45) is 1.47. The minimum Gasteiger partial charge on any atom is -0.508 e. The first-order valence-corrected chi connectivity index (χ1v) is 6.68. The Morgan fingerprint density at radius 2 is 2.05 bits per heavy atom. The molecular weight excluding hydrogens is 268 g/mol. The molecule has 1 aromatic carbocycles. The van der Waals surface area contributed by atoms with Crippen LogP contribution in [0.4, 0.5) is 0 Å². The molecule has 1 N–H and O–H groups in total. The van der Waals surface area contributed by atoms with Gasteiger partial charge in [-0.05, 0) is 26.0 Å². The largest absolute Gasteiger partial charge is 0.508 e. The number of phenols is 1. The van der Waals surface area contributed by atoms with E-state index in [0.717, 1.165) is 16.6 Å². The predicted octanol–water partition coefficient (Wildman–Crippen LogP) is 2.79. The molecule has 0 spiro atoms. The average Bonchev–Trinajstić information content (AvgIpc) is 2.87. The molecule has 0 unspecified atom stereocenters. The van der Waals surface area contributed by atoms with Gasteiger partial charge in [0, 0.05) is 11.6 Å². The predicted molar refractivity (Wildman–Crippen MR) is 79.4 cm³/mol. The van der Waals surface area contributed by atoms with Crippen LogP contribution in [0.25, 0.3) is 22.3 Å². The maximum atomic E-state index is 9.69. The highest BCUT2D eigenvalue weighted by atomic mass is 16.5. The van der Waals surface area contributed by atoms with Crippen molar-refractivity contribution in [1.29, 1.82) is 0 Å². The molecule has 0 atom stereocenters. The second kappa shape index (κ2) is 5.05. The van der Waals surface area contributed by atoms with Gasteiger partial charge in [0.1, 0.15) is 23.2 Å². The van der Waals surface area contributed by atoms with Gasteiger partial charge in [0.25, 0.3) is 0 Å². The Balaban J connectivity index is 2.36. The Hall–Kier alpha value is -2.63. The number of ether oxygens (including phenoxy) is 1. The van der Waals surface area contributed by atoms with Crippen LogP contribution in [-0.4, -0.2) is 32.0 Å². The zero-order chi connectivity index (χ0) is 15.0. The molecule has 2 aromatic heterocycles. The fourth-order valence-corrected chi connectivity index (χ4v) is 2.32. The molecule has 0 bridgehead atoms. The molecule has 108 valence electrons. The van der Waals surface area contributed by atoms with Gasteiger partial charge in [0.05, 0.1) is 7.11 Å². The Labute approximate surface area is 122 Å². The summed E-state index contributed by atoms with van der Waals surface area (Å²) in [5.74, 6) is 0.667. The zero-order valence-corrected chi connectivity index (χ0v) is 12.1. The number of methoxy groups -OCH3 is 1. The lowest BCUT2D eigenvalue weighted by molar-refractivity contribution is 0.402. The van der Waals surface area contributed by atoms with E-state index in [1.165, 1.54) is 6.33 Å². The van der Waals surface area contributed by atoms with Crippen LogP contribution in [0.3, 0.4) is 0 Å². The van der Waals surface area contributed by atoms with Crippen LogP contribution in [0.5, 0.6) is 11.6 Å². The van der Waals surface area contributed by atoms with E-state index < -0.39 is 0 Å². The molecule has 0 amide bonds. The van der Waals surface area contributed by atoms with Crippen LogP contribution in [-0.2, 0) is 0 Å². The molecule has 6 nitrogen and oxygen atoms in total. The van der Waals surface area contributed by atoms with Gasteiger partial charge in [0.15, 0.2) is 5.65 Å². The van der Waals surface area contributed by atoms with Crippen LogP contribution < -0.4 is 4.74 Å². The average molecular weight is 284 g/mol. The summed E-state index contributed by atoms with van der Waals surface area (Å²) in [4.78, 5) is 8.48. The molecule has 3 aromatic rings. The number of fused-ring (bicyclic) bond motifs is 1. The van der Waals surface area contributed by atoms with Crippen molar-refractivity contribution < 1.29 is 9.84 Å². The van der Waals surface area contributed by atoms with Crippen LogP contribution in [0.1, 0.15) is 19.9 Å². The van der Waals surface area contributed by atoms with Crippen LogP contribution in [0.15, 0.2) is 30.6 Å². The molecule has 0 aliphatic rings. The Bertz CT molecular complexity index is 795. The topological polar surface area (TPSA) is 73.1 Å². The third kappa shape index (κ3) is 2.18. The maximum absolute atomic E-state index is 9.69. The third-order valence-electron chi connectivity index (χ3n) is 3.26. The lowest BCUT2D eigenvalue weighted by Crippen LogP contribution is -2.03. The number of benzene rings is 1. The molecule has 6 heteroatoms. The molecule has 0 saturated carbocycles. The van der Waals surface area contributed by atoms with E-state index in [4.69, 9.17) is 4.74 Å². The first-order valence-electron chi connectivity index (χ1n) is 6.68. The van der Waals surface area contributed by atoms with Crippen LogP contribution in [0.2, 0.25) is 0 Å². The number of nitrogens with zero attached hydrogens (tertiary/aromatic N) is 4. The quantitative estimate of drug-likeness (QED) is 0.800. The van der Waals surface area contributed by atoms with Crippen molar-refractivity contribution in [1.82, 2.24) is 19.7 Å². The molecule has 0 aliphatic carbocycles. The Morgan fingerprint density at radius 3 is 2.71 bits per heavy atom. The summed E-state index contributed by atoms with van der Waals surface area (Å²) < 4.78 is 7.18. The van der Waals surface area contributed by atoms with Gasteiger partial charge in [0.2, 0.25) is 5.88 Å². The monoisotopic (exact) mass is 284 g/mol. The molecule has 3 rings (SSSR count). The fourth-order valence-electron chi connectivity index (χ4n) is 2.32. The standard InChI is InChI=1S/C15H16N4O2/c1-9(2)19-14-12(15(21-3)17-8-16-14)13(18-19)10-5-4-6-11(20)7-10/h4-9,20H,1-3H3. The number of aromatic nitrogens is 4. The Morgan fingerprint density at radius 1 is 1.24 bits per heavy atom. The van der Waals surface area contributed by atoms with Gasteiger partial charge < -0.3 is 9.84 Å². The minimum atomic E-state index is 0.151. The molecule has 0 aliphatic heterocycles. The highest BCUT2D eigenvalue weighted by Crippen LogP contribution is 2.34. The minimum absolute atomic E-state index is 0.151. The van der Waals surface area contributed by atoms with E-state index in [9.17, 15) is 5.11 Å². The summed E-state index contributed by atoms with van der Waals surface area (Å²) in [5, 5.41) is 15.1. The summed E-state index contributed by atoms with van der Waals surface area (Å²) in [6, 6.07) is 7.11. The number of hydrogen-bond donors (Lipinski definition) is 1. The molecule has 0 fully saturated rings. The van der Waals surface area contributed by atoms with Crippen molar-refractivity contribution in [3.8, 4) is 22.9 Å². The number of hydrogen-bond acceptors (Lipinski definition) is 5. The van der Waals surface area contributed by atoms with Crippen molar-refractivity contribution >= 4 is 11.0 Å². The first kappa shape index (κ1) is 13.4. The van der Waals surface area contributed by atoms with Gasteiger partial charge in [-0.2, -0.15) is 5.10 Å².